The Morgan fingerprint density at radius 2 is 1.81 bits per heavy atom. The summed E-state index contributed by atoms with van der Waals surface area (Å²) in [5, 5.41) is 6.36. The quantitative estimate of drug-likeness (QED) is 0.693. The number of benzene rings is 2. The van der Waals surface area contributed by atoms with E-state index in [2.05, 4.69) is 10.6 Å². The molecule has 4 rings (SSSR count). The number of hydrogen-bond donors (Lipinski definition) is 2. The first-order valence-electron chi connectivity index (χ1n) is 8.24. The fourth-order valence-corrected chi connectivity index (χ4v) is 3.52. The number of anilines is 1. The third kappa shape index (κ3) is 2.26. The predicted molar refractivity (Wildman–Crippen MR) is 98.8 cm³/mol. The van der Waals surface area contributed by atoms with E-state index >= 15 is 0 Å². The van der Waals surface area contributed by atoms with Gasteiger partial charge in [0.25, 0.3) is 0 Å². The van der Waals surface area contributed by atoms with Crippen LogP contribution >= 0.6 is 0 Å². The van der Waals surface area contributed by atoms with Gasteiger partial charge in [-0.25, -0.2) is 9.59 Å². The van der Waals surface area contributed by atoms with Crippen LogP contribution in [-0.2, 0) is 5.54 Å². The maximum absolute atomic E-state index is 12.9. The second kappa shape index (κ2) is 5.62. The molecule has 0 radical (unpaired) electrons. The third-order valence-corrected chi connectivity index (χ3v) is 4.90. The molecule has 0 spiro atoms. The number of fused-ring (bicyclic) bond motifs is 3. The minimum Gasteiger partial charge on any atom is -0.497 e. The number of ether oxygens (including phenoxy) is 1. The molecule has 1 aromatic heterocycles. The van der Waals surface area contributed by atoms with Crippen molar-refractivity contribution < 1.29 is 13.9 Å². The van der Waals surface area contributed by atoms with Gasteiger partial charge >= 0.3 is 11.7 Å². The van der Waals surface area contributed by atoms with Crippen molar-refractivity contribution in [1.82, 2.24) is 5.32 Å². The molecule has 1 aliphatic rings. The number of carbonyl (C=O) groups excluding carboxylic acids is 1. The fourth-order valence-electron chi connectivity index (χ4n) is 3.52. The highest BCUT2D eigenvalue weighted by Crippen LogP contribution is 2.39. The van der Waals surface area contributed by atoms with Gasteiger partial charge in [0.2, 0.25) is 0 Å². The summed E-state index contributed by atoms with van der Waals surface area (Å²) in [5.41, 5.74) is 1.43. The fraction of sp³-hybridized carbons (Fsp3) is 0.200. The standard InChI is InChI=1S/C20H18N2O4/c1-11-5-4-6-14-16-15(18(23)26-17(11)14)20(2,22-19(24)21-16)12-7-9-13(25-3)10-8-12/h4-10H,1-3H3,(H2,21,22,24). The number of urea groups is 1. The molecule has 1 aliphatic heterocycles. The molecule has 26 heavy (non-hydrogen) atoms. The van der Waals surface area contributed by atoms with Crippen LogP contribution in [0.2, 0.25) is 0 Å². The zero-order valence-corrected chi connectivity index (χ0v) is 14.7. The Morgan fingerprint density at radius 3 is 2.50 bits per heavy atom. The van der Waals surface area contributed by atoms with Gasteiger partial charge in [-0.2, -0.15) is 0 Å². The van der Waals surface area contributed by atoms with E-state index < -0.39 is 11.2 Å². The molecule has 132 valence electrons. The molecule has 6 nitrogen and oxygen atoms in total. The molecule has 0 saturated heterocycles. The zero-order chi connectivity index (χ0) is 18.5. The first-order valence-corrected chi connectivity index (χ1v) is 8.24. The van der Waals surface area contributed by atoms with E-state index in [4.69, 9.17) is 9.15 Å². The lowest BCUT2D eigenvalue weighted by Gasteiger charge is -2.36. The van der Waals surface area contributed by atoms with Gasteiger partial charge in [-0.15, -0.1) is 0 Å². The van der Waals surface area contributed by atoms with Crippen LogP contribution in [-0.4, -0.2) is 13.1 Å². The van der Waals surface area contributed by atoms with E-state index in [1.54, 1.807) is 26.2 Å². The second-order valence-electron chi connectivity index (χ2n) is 6.52. The number of carbonyl (C=O) groups is 1. The van der Waals surface area contributed by atoms with E-state index in [1.807, 2.05) is 37.3 Å². The number of methoxy groups -OCH3 is 1. The van der Waals surface area contributed by atoms with Crippen molar-refractivity contribution in [2.45, 2.75) is 19.4 Å². The normalized spacial score (nSPS) is 18.8. The first kappa shape index (κ1) is 16.2. The summed E-state index contributed by atoms with van der Waals surface area (Å²) >= 11 is 0. The molecule has 2 heterocycles. The minimum atomic E-state index is -1.03. The number of para-hydroxylation sites is 1. The molecule has 1 atom stereocenters. The maximum atomic E-state index is 12.9. The summed E-state index contributed by atoms with van der Waals surface area (Å²) in [6.45, 7) is 3.66. The van der Waals surface area contributed by atoms with Crippen LogP contribution in [0.4, 0.5) is 10.5 Å². The van der Waals surface area contributed by atoms with Crippen LogP contribution in [0.1, 0.15) is 23.6 Å². The molecule has 1 unspecified atom stereocenters. The van der Waals surface area contributed by atoms with Gasteiger partial charge in [-0.1, -0.05) is 24.3 Å². The summed E-state index contributed by atoms with van der Waals surface area (Å²) in [4.78, 5) is 25.3. The molecule has 2 amide bonds. The first-order chi connectivity index (χ1) is 12.4. The van der Waals surface area contributed by atoms with Crippen LogP contribution < -0.4 is 21.0 Å². The van der Waals surface area contributed by atoms with Gasteiger partial charge in [-0.05, 0) is 43.2 Å². The average molecular weight is 350 g/mol. The molecule has 2 aromatic carbocycles. The van der Waals surface area contributed by atoms with Gasteiger partial charge in [-0.3, -0.25) is 0 Å². The van der Waals surface area contributed by atoms with Crippen LogP contribution in [0, 0.1) is 6.92 Å². The average Bonchev–Trinajstić information content (AvgIpc) is 2.62. The molecule has 0 fully saturated rings. The third-order valence-electron chi connectivity index (χ3n) is 4.90. The van der Waals surface area contributed by atoms with E-state index in [0.717, 1.165) is 11.1 Å². The summed E-state index contributed by atoms with van der Waals surface area (Å²) in [6, 6.07) is 12.4. The van der Waals surface area contributed by atoms with Crippen LogP contribution in [0.5, 0.6) is 5.75 Å². The van der Waals surface area contributed by atoms with Crippen molar-refractivity contribution in [1.29, 1.82) is 0 Å². The van der Waals surface area contributed by atoms with Crippen molar-refractivity contribution >= 4 is 22.7 Å². The van der Waals surface area contributed by atoms with E-state index in [1.165, 1.54) is 0 Å². The number of rotatable bonds is 2. The molecule has 0 bridgehead atoms. The van der Waals surface area contributed by atoms with E-state index in [-0.39, 0.29) is 6.03 Å². The Hall–Kier alpha value is -3.28. The van der Waals surface area contributed by atoms with Crippen molar-refractivity contribution in [3.63, 3.8) is 0 Å². The molecule has 2 N–H and O–H groups in total. The lowest BCUT2D eigenvalue weighted by Crippen LogP contribution is -2.53. The highest BCUT2D eigenvalue weighted by atomic mass is 16.5. The van der Waals surface area contributed by atoms with Gasteiger partial charge in [0, 0.05) is 5.39 Å². The summed E-state index contributed by atoms with van der Waals surface area (Å²) in [7, 11) is 1.58. The van der Waals surface area contributed by atoms with Gasteiger partial charge in [0.1, 0.15) is 11.3 Å². The lowest BCUT2D eigenvalue weighted by molar-refractivity contribution is 0.241. The van der Waals surface area contributed by atoms with Gasteiger partial charge in [0.15, 0.2) is 0 Å². The maximum Gasteiger partial charge on any atom is 0.344 e. The predicted octanol–water partition coefficient (Wildman–Crippen LogP) is 3.51. The van der Waals surface area contributed by atoms with Crippen molar-refractivity contribution in [2.75, 3.05) is 12.4 Å². The van der Waals surface area contributed by atoms with Crippen LogP contribution in [0.15, 0.2) is 51.7 Å². The smallest absolute Gasteiger partial charge is 0.344 e. The Balaban J connectivity index is 2.04. The summed E-state index contributed by atoms with van der Waals surface area (Å²) < 4.78 is 10.8. The monoisotopic (exact) mass is 350 g/mol. The van der Waals surface area contributed by atoms with E-state index in [9.17, 15) is 9.59 Å². The van der Waals surface area contributed by atoms with Crippen molar-refractivity contribution in [2.24, 2.45) is 0 Å². The summed E-state index contributed by atoms with van der Waals surface area (Å²) in [6.07, 6.45) is 0. The van der Waals surface area contributed by atoms with Crippen LogP contribution in [0.25, 0.3) is 11.0 Å². The largest absolute Gasteiger partial charge is 0.497 e. The highest BCUT2D eigenvalue weighted by molar-refractivity contribution is 6.04. The zero-order valence-electron chi connectivity index (χ0n) is 14.7. The Labute approximate surface area is 149 Å². The van der Waals surface area contributed by atoms with Gasteiger partial charge < -0.3 is 19.8 Å². The molecule has 0 aliphatic carbocycles. The Morgan fingerprint density at radius 1 is 1.08 bits per heavy atom. The Bertz CT molecular complexity index is 1090. The van der Waals surface area contributed by atoms with Crippen LogP contribution in [0.3, 0.4) is 0 Å². The van der Waals surface area contributed by atoms with Crippen molar-refractivity contribution in [3.8, 4) is 5.75 Å². The molecular weight excluding hydrogens is 332 g/mol. The van der Waals surface area contributed by atoms with E-state index in [0.29, 0.717) is 28.0 Å². The topological polar surface area (TPSA) is 80.6 Å². The SMILES string of the molecule is COc1ccc(C2(C)NC(=O)Nc3c2c(=O)oc2c(C)cccc32)cc1. The number of hydrogen-bond acceptors (Lipinski definition) is 4. The summed E-state index contributed by atoms with van der Waals surface area (Å²) in [5.74, 6) is 0.694. The minimum absolute atomic E-state index is 0.371. The molecule has 3 aromatic rings. The molecular formula is C20H18N2O4. The number of nitrogens with one attached hydrogen (secondary N) is 2. The number of amides is 2. The molecule has 0 saturated carbocycles. The van der Waals surface area contributed by atoms with Crippen molar-refractivity contribution in [3.05, 3.63) is 69.6 Å². The van der Waals surface area contributed by atoms with Gasteiger partial charge in [0.05, 0.1) is 23.9 Å². The lowest BCUT2D eigenvalue weighted by atomic mass is 9.82. The number of aryl methyl sites for hydroxylation is 1. The highest BCUT2D eigenvalue weighted by Gasteiger charge is 2.41. The molecule has 6 heteroatoms. The second-order valence-corrected chi connectivity index (χ2v) is 6.52. The Kier molecular flexibility index (Phi) is 3.50.